The summed E-state index contributed by atoms with van der Waals surface area (Å²) in [5, 5.41) is 7.84. The number of carbonyl (C=O) groups is 1. The number of nitrogens with zero attached hydrogens (tertiary/aromatic N) is 2. The summed E-state index contributed by atoms with van der Waals surface area (Å²) in [5.41, 5.74) is 1.15. The Bertz CT molecular complexity index is 452. The van der Waals surface area contributed by atoms with E-state index >= 15 is 0 Å². The van der Waals surface area contributed by atoms with Crippen molar-refractivity contribution in [3.8, 4) is 0 Å². The number of rotatable bonds is 7. The molecule has 0 spiro atoms. The fourth-order valence-electron chi connectivity index (χ4n) is 1.84. The highest BCUT2D eigenvalue weighted by atomic mass is 16.5. The maximum Gasteiger partial charge on any atom is 0.341 e. The monoisotopic (exact) mass is 261 g/mol. The minimum Gasteiger partial charge on any atom is -0.462 e. The Labute approximate surface area is 112 Å². The van der Waals surface area contributed by atoms with E-state index in [0.717, 1.165) is 18.1 Å². The van der Waals surface area contributed by atoms with Crippen LogP contribution in [0.15, 0.2) is 12.4 Å². The van der Waals surface area contributed by atoms with Crippen molar-refractivity contribution in [2.24, 2.45) is 5.92 Å². The molecule has 1 heterocycles. The van der Waals surface area contributed by atoms with Gasteiger partial charge in [-0.15, -0.1) is 0 Å². The van der Waals surface area contributed by atoms with Crippen molar-refractivity contribution in [1.29, 1.82) is 5.41 Å². The molecule has 19 heavy (non-hydrogen) atoms. The van der Waals surface area contributed by atoms with Crippen molar-refractivity contribution >= 4 is 11.7 Å². The summed E-state index contributed by atoms with van der Waals surface area (Å²) < 4.78 is 4.86. The van der Waals surface area contributed by atoms with E-state index in [9.17, 15) is 4.79 Å². The molecule has 5 nitrogen and oxygen atoms in total. The van der Waals surface area contributed by atoms with E-state index in [2.05, 4.69) is 9.97 Å². The Morgan fingerprint density at radius 2 is 2.11 bits per heavy atom. The fraction of sp³-hybridized carbons (Fsp3) is 0.571. The maximum absolute atomic E-state index is 11.4. The van der Waals surface area contributed by atoms with E-state index in [-0.39, 0.29) is 0 Å². The molecule has 102 valence electrons. The average Bonchev–Trinajstić information content (AvgIpc) is 3.21. The average molecular weight is 261 g/mol. The highest BCUT2D eigenvalue weighted by molar-refractivity contribution is 5.88. The summed E-state index contributed by atoms with van der Waals surface area (Å²) in [5.74, 6) is 1.03. The number of nitrogens with one attached hydrogen (secondary N) is 1. The molecule has 0 amide bonds. The molecule has 1 saturated carbocycles. The van der Waals surface area contributed by atoms with Crippen LogP contribution in [0.25, 0.3) is 0 Å². The molecule has 0 radical (unpaired) electrons. The highest BCUT2D eigenvalue weighted by Crippen LogP contribution is 2.32. The van der Waals surface area contributed by atoms with Gasteiger partial charge >= 0.3 is 5.97 Å². The van der Waals surface area contributed by atoms with Crippen molar-refractivity contribution in [1.82, 2.24) is 9.97 Å². The van der Waals surface area contributed by atoms with Gasteiger partial charge in [0.15, 0.2) is 0 Å². The quantitative estimate of drug-likeness (QED) is 0.604. The van der Waals surface area contributed by atoms with Gasteiger partial charge in [0.2, 0.25) is 0 Å². The first kappa shape index (κ1) is 13.6. The van der Waals surface area contributed by atoms with Crippen LogP contribution in [0.4, 0.5) is 0 Å². The second kappa shape index (κ2) is 6.41. The molecule has 0 aromatic carbocycles. The normalized spacial score (nSPS) is 14.2. The summed E-state index contributed by atoms with van der Waals surface area (Å²) in [6.45, 7) is 2.11. The van der Waals surface area contributed by atoms with E-state index in [1.54, 1.807) is 6.92 Å². The SMILES string of the molecule is CCOC(=O)c1cnc(CCC(=N)CC2CC2)nc1. The largest absolute Gasteiger partial charge is 0.462 e. The molecule has 1 aromatic rings. The van der Waals surface area contributed by atoms with Gasteiger partial charge in [-0.3, -0.25) is 0 Å². The first-order valence-corrected chi connectivity index (χ1v) is 6.73. The van der Waals surface area contributed by atoms with Crippen LogP contribution in [-0.4, -0.2) is 28.3 Å². The first-order chi connectivity index (χ1) is 9.19. The molecular formula is C14H19N3O2. The third-order valence-corrected chi connectivity index (χ3v) is 3.10. The van der Waals surface area contributed by atoms with Crippen LogP contribution >= 0.6 is 0 Å². The van der Waals surface area contributed by atoms with Crippen LogP contribution in [0, 0.1) is 11.3 Å². The van der Waals surface area contributed by atoms with Gasteiger partial charge in [0.1, 0.15) is 5.82 Å². The number of hydrogen-bond donors (Lipinski definition) is 1. The van der Waals surface area contributed by atoms with Crippen LogP contribution in [0.2, 0.25) is 0 Å². The Balaban J connectivity index is 1.80. The number of aryl methyl sites for hydroxylation is 1. The van der Waals surface area contributed by atoms with Gasteiger partial charge in [-0.1, -0.05) is 0 Å². The molecule has 1 aliphatic rings. The van der Waals surface area contributed by atoms with Gasteiger partial charge < -0.3 is 10.1 Å². The van der Waals surface area contributed by atoms with E-state index < -0.39 is 5.97 Å². The summed E-state index contributed by atoms with van der Waals surface area (Å²) >= 11 is 0. The Kier molecular flexibility index (Phi) is 4.60. The highest BCUT2D eigenvalue weighted by Gasteiger charge is 2.22. The Morgan fingerprint density at radius 3 is 2.68 bits per heavy atom. The second-order valence-electron chi connectivity index (χ2n) is 4.86. The van der Waals surface area contributed by atoms with Gasteiger partial charge in [-0.25, -0.2) is 14.8 Å². The molecule has 0 atom stereocenters. The van der Waals surface area contributed by atoms with E-state index in [0.29, 0.717) is 30.8 Å². The van der Waals surface area contributed by atoms with Crippen molar-refractivity contribution in [2.45, 2.75) is 39.0 Å². The molecular weight excluding hydrogens is 242 g/mol. The molecule has 1 fully saturated rings. The molecule has 0 bridgehead atoms. The fourth-order valence-corrected chi connectivity index (χ4v) is 1.84. The number of ether oxygens (including phenoxy) is 1. The van der Waals surface area contributed by atoms with Gasteiger partial charge in [0, 0.05) is 24.5 Å². The third kappa shape index (κ3) is 4.43. The smallest absolute Gasteiger partial charge is 0.341 e. The van der Waals surface area contributed by atoms with Gasteiger partial charge in [-0.2, -0.15) is 0 Å². The minimum atomic E-state index is -0.393. The Morgan fingerprint density at radius 1 is 1.42 bits per heavy atom. The molecule has 1 aliphatic carbocycles. The molecule has 0 saturated heterocycles. The standard InChI is InChI=1S/C14H19N3O2/c1-2-19-14(18)11-8-16-13(17-9-11)6-5-12(15)7-10-3-4-10/h8-10,15H,2-7H2,1H3. The molecule has 1 N–H and O–H groups in total. The van der Waals surface area contributed by atoms with E-state index in [4.69, 9.17) is 10.1 Å². The minimum absolute atomic E-state index is 0.346. The number of hydrogen-bond acceptors (Lipinski definition) is 5. The van der Waals surface area contributed by atoms with Crippen LogP contribution < -0.4 is 0 Å². The lowest BCUT2D eigenvalue weighted by atomic mass is 10.1. The third-order valence-electron chi connectivity index (χ3n) is 3.10. The van der Waals surface area contributed by atoms with Crippen molar-refractivity contribution in [2.75, 3.05) is 6.61 Å². The number of esters is 1. The van der Waals surface area contributed by atoms with Crippen molar-refractivity contribution in [3.63, 3.8) is 0 Å². The lowest BCUT2D eigenvalue weighted by Gasteiger charge is -2.04. The lowest BCUT2D eigenvalue weighted by Crippen LogP contribution is -2.08. The van der Waals surface area contributed by atoms with Crippen molar-refractivity contribution < 1.29 is 9.53 Å². The second-order valence-corrected chi connectivity index (χ2v) is 4.86. The summed E-state index contributed by atoms with van der Waals surface area (Å²) in [6.07, 6.45) is 7.81. The van der Waals surface area contributed by atoms with E-state index in [1.807, 2.05) is 0 Å². The molecule has 0 unspecified atom stereocenters. The first-order valence-electron chi connectivity index (χ1n) is 6.73. The van der Waals surface area contributed by atoms with Crippen LogP contribution in [0.3, 0.4) is 0 Å². The van der Waals surface area contributed by atoms with Gasteiger partial charge in [-0.05, 0) is 38.5 Å². The molecule has 1 aromatic heterocycles. The van der Waals surface area contributed by atoms with E-state index in [1.165, 1.54) is 25.2 Å². The van der Waals surface area contributed by atoms with Crippen LogP contribution in [0.1, 0.15) is 48.8 Å². The zero-order valence-corrected chi connectivity index (χ0v) is 11.2. The summed E-state index contributed by atoms with van der Waals surface area (Å²) in [7, 11) is 0. The molecule has 5 heteroatoms. The molecule has 0 aliphatic heterocycles. The Hall–Kier alpha value is -1.78. The number of carbonyl (C=O) groups excluding carboxylic acids is 1. The topological polar surface area (TPSA) is 75.9 Å². The van der Waals surface area contributed by atoms with Gasteiger partial charge in [0.05, 0.1) is 12.2 Å². The van der Waals surface area contributed by atoms with Crippen LogP contribution in [0.5, 0.6) is 0 Å². The maximum atomic E-state index is 11.4. The predicted octanol–water partition coefficient (Wildman–Crippen LogP) is 2.41. The zero-order chi connectivity index (χ0) is 13.7. The summed E-state index contributed by atoms with van der Waals surface area (Å²) in [4.78, 5) is 19.7. The number of aromatic nitrogens is 2. The summed E-state index contributed by atoms with van der Waals surface area (Å²) in [6, 6.07) is 0. The lowest BCUT2D eigenvalue weighted by molar-refractivity contribution is 0.0525. The van der Waals surface area contributed by atoms with Crippen LogP contribution in [-0.2, 0) is 11.2 Å². The molecule has 2 rings (SSSR count). The van der Waals surface area contributed by atoms with Gasteiger partial charge in [0.25, 0.3) is 0 Å². The zero-order valence-electron chi connectivity index (χ0n) is 11.2. The van der Waals surface area contributed by atoms with Crippen molar-refractivity contribution in [3.05, 3.63) is 23.8 Å². The predicted molar refractivity (Wildman–Crippen MR) is 71.4 cm³/mol.